The molecule has 1 fully saturated rings. The summed E-state index contributed by atoms with van der Waals surface area (Å²) >= 11 is 0. The van der Waals surface area contributed by atoms with E-state index in [9.17, 15) is 0 Å². The lowest BCUT2D eigenvalue weighted by Crippen LogP contribution is -2.01. The van der Waals surface area contributed by atoms with Gasteiger partial charge in [-0.15, -0.1) is 0 Å². The number of ether oxygens (including phenoxy) is 1. The van der Waals surface area contributed by atoms with Gasteiger partial charge in [-0.2, -0.15) is 0 Å². The van der Waals surface area contributed by atoms with Crippen LogP contribution in [0.1, 0.15) is 6.92 Å². The largest absolute Gasteiger partial charge is 0.357 e. The molecule has 1 heterocycles. The van der Waals surface area contributed by atoms with Crippen LogP contribution < -0.4 is 5.32 Å². The average molecular weight is 165 g/mol. The van der Waals surface area contributed by atoms with Crippen molar-refractivity contribution in [2.24, 2.45) is 0 Å². The van der Waals surface area contributed by atoms with Gasteiger partial charge in [0.2, 0.25) is 0 Å². The molecule has 1 atom stereocenters. The van der Waals surface area contributed by atoms with Crippen LogP contribution in [-0.4, -0.2) is 19.4 Å². The number of nitrogens with one attached hydrogen (secondary N) is 1. The average Bonchev–Trinajstić information content (AvgIpc) is 2.80. The summed E-state index contributed by atoms with van der Waals surface area (Å²) in [4.78, 5) is 0. The Morgan fingerprint density at radius 3 is 2.75 bits per heavy atom. The quantitative estimate of drug-likeness (QED) is 0.496. The van der Waals surface area contributed by atoms with Gasteiger partial charge >= 0.3 is 0 Å². The van der Waals surface area contributed by atoms with Crippen molar-refractivity contribution in [3.05, 3.63) is 36.5 Å². The van der Waals surface area contributed by atoms with Crippen LogP contribution in [0, 0.1) is 0 Å². The summed E-state index contributed by atoms with van der Waals surface area (Å²) in [6, 6.07) is 0. The first kappa shape index (κ1) is 9.23. The fourth-order valence-electron chi connectivity index (χ4n) is 0.682. The molecular weight excluding hydrogens is 150 g/mol. The van der Waals surface area contributed by atoms with Gasteiger partial charge in [0, 0.05) is 6.54 Å². The molecule has 0 radical (unpaired) electrons. The predicted molar refractivity (Wildman–Crippen MR) is 50.8 cm³/mol. The summed E-state index contributed by atoms with van der Waals surface area (Å²) in [7, 11) is 0. The van der Waals surface area contributed by atoms with Gasteiger partial charge in [0.15, 0.2) is 0 Å². The van der Waals surface area contributed by atoms with E-state index in [1.807, 2.05) is 19.1 Å². The predicted octanol–water partition coefficient (Wildman–Crippen LogP) is 1.62. The maximum atomic E-state index is 5.36. The van der Waals surface area contributed by atoms with E-state index >= 15 is 0 Å². The molecule has 1 rings (SSSR count). The molecule has 12 heavy (non-hydrogen) atoms. The van der Waals surface area contributed by atoms with E-state index in [1.54, 1.807) is 0 Å². The molecule has 0 spiro atoms. The summed E-state index contributed by atoms with van der Waals surface area (Å²) < 4.78 is 5.36. The lowest BCUT2D eigenvalue weighted by atomic mass is 10.2. The molecular formula is C10H15NO. The third-order valence-electron chi connectivity index (χ3n) is 1.44. The first-order valence-electron chi connectivity index (χ1n) is 4.05. The van der Waals surface area contributed by atoms with Crippen LogP contribution in [0.25, 0.3) is 0 Å². The lowest BCUT2D eigenvalue weighted by Gasteiger charge is -1.99. The Hall–Kier alpha value is -0.860. The Morgan fingerprint density at radius 2 is 2.25 bits per heavy atom. The molecule has 0 aromatic rings. The normalized spacial score (nSPS) is 21.2. The Bertz CT molecular complexity index is 214. The van der Waals surface area contributed by atoms with E-state index in [0.29, 0.717) is 6.61 Å². The number of hydrogen-bond acceptors (Lipinski definition) is 2. The van der Waals surface area contributed by atoms with Gasteiger partial charge in [-0.3, -0.25) is 5.32 Å². The zero-order valence-electron chi connectivity index (χ0n) is 7.47. The number of hydrogen-bond donors (Lipinski definition) is 1. The number of rotatable bonds is 5. The Labute approximate surface area is 73.6 Å². The van der Waals surface area contributed by atoms with E-state index < -0.39 is 0 Å². The highest BCUT2D eigenvalue weighted by Crippen LogP contribution is 2.03. The van der Waals surface area contributed by atoms with Gasteiger partial charge in [0.05, 0.1) is 6.61 Å². The topological polar surface area (TPSA) is 31.2 Å². The second-order valence-corrected chi connectivity index (χ2v) is 3.05. The van der Waals surface area contributed by atoms with Crippen LogP contribution >= 0.6 is 0 Å². The molecule has 1 unspecified atom stereocenters. The lowest BCUT2D eigenvalue weighted by molar-refractivity contribution is 0.140. The highest BCUT2D eigenvalue weighted by atomic mass is 16.5. The third kappa shape index (κ3) is 4.11. The van der Waals surface area contributed by atoms with Crippen LogP contribution in [0.5, 0.6) is 0 Å². The van der Waals surface area contributed by atoms with Gasteiger partial charge in [-0.05, 0) is 12.5 Å². The third-order valence-corrected chi connectivity index (χ3v) is 1.44. The number of allylic oxidation sites excluding steroid dienone is 2. The standard InChI is InChI=1S/C10H15NO/c1-8(2)4-5-9(3)7-12-10-6-11-10/h4-5,10-11H,1,3,6-7H2,2H3/b5-4-. The molecule has 0 aromatic carbocycles. The molecule has 1 N–H and O–H groups in total. The monoisotopic (exact) mass is 165 g/mol. The van der Waals surface area contributed by atoms with Crippen LogP contribution in [0.3, 0.4) is 0 Å². The zero-order valence-corrected chi connectivity index (χ0v) is 7.47. The summed E-state index contributed by atoms with van der Waals surface area (Å²) in [5, 5.41) is 3.05. The van der Waals surface area contributed by atoms with Gasteiger partial charge in [-0.1, -0.05) is 30.9 Å². The van der Waals surface area contributed by atoms with Crippen molar-refractivity contribution in [2.45, 2.75) is 13.2 Å². The molecule has 2 heteroatoms. The molecule has 0 amide bonds. The fourth-order valence-corrected chi connectivity index (χ4v) is 0.682. The van der Waals surface area contributed by atoms with Crippen molar-refractivity contribution in [3.8, 4) is 0 Å². The second-order valence-electron chi connectivity index (χ2n) is 3.05. The Kier molecular flexibility index (Phi) is 3.26. The molecule has 1 aliphatic heterocycles. The summed E-state index contributed by atoms with van der Waals surface area (Å²) in [6.07, 6.45) is 4.14. The molecule has 1 saturated heterocycles. The van der Waals surface area contributed by atoms with Crippen molar-refractivity contribution in [1.82, 2.24) is 5.32 Å². The van der Waals surface area contributed by atoms with E-state index in [1.165, 1.54) is 0 Å². The SMILES string of the molecule is C=C(C)/C=C\C(=C)COC1CN1. The van der Waals surface area contributed by atoms with Gasteiger partial charge in [0.25, 0.3) is 0 Å². The molecule has 0 bridgehead atoms. The highest BCUT2D eigenvalue weighted by molar-refractivity contribution is 5.23. The summed E-state index contributed by atoms with van der Waals surface area (Å²) in [5.41, 5.74) is 2.01. The van der Waals surface area contributed by atoms with Crippen LogP contribution in [0.4, 0.5) is 0 Å². The Balaban J connectivity index is 2.13. The van der Waals surface area contributed by atoms with E-state index in [-0.39, 0.29) is 6.23 Å². The first-order valence-corrected chi connectivity index (χ1v) is 4.05. The maximum absolute atomic E-state index is 5.36. The minimum absolute atomic E-state index is 0.264. The molecule has 0 saturated carbocycles. The van der Waals surface area contributed by atoms with Gasteiger partial charge < -0.3 is 4.74 Å². The molecule has 0 aromatic heterocycles. The summed E-state index contributed by atoms with van der Waals surface area (Å²) in [5.74, 6) is 0. The van der Waals surface area contributed by atoms with Crippen molar-refractivity contribution in [3.63, 3.8) is 0 Å². The first-order chi connectivity index (χ1) is 5.68. The molecule has 1 aliphatic rings. The van der Waals surface area contributed by atoms with Gasteiger partial charge in [0.1, 0.15) is 6.23 Å². The van der Waals surface area contributed by atoms with Crippen molar-refractivity contribution >= 4 is 0 Å². The molecule has 2 nitrogen and oxygen atoms in total. The highest BCUT2D eigenvalue weighted by Gasteiger charge is 2.19. The minimum atomic E-state index is 0.264. The van der Waals surface area contributed by atoms with Crippen molar-refractivity contribution in [1.29, 1.82) is 0 Å². The van der Waals surface area contributed by atoms with Crippen LogP contribution in [0.15, 0.2) is 36.5 Å². The minimum Gasteiger partial charge on any atom is -0.357 e. The van der Waals surface area contributed by atoms with Gasteiger partial charge in [-0.25, -0.2) is 0 Å². The Morgan fingerprint density at radius 1 is 1.58 bits per heavy atom. The van der Waals surface area contributed by atoms with E-state index in [2.05, 4.69) is 18.5 Å². The fraction of sp³-hybridized carbons (Fsp3) is 0.400. The molecule has 0 aliphatic carbocycles. The van der Waals surface area contributed by atoms with Crippen LogP contribution in [0.2, 0.25) is 0 Å². The molecule has 66 valence electrons. The van der Waals surface area contributed by atoms with E-state index in [4.69, 9.17) is 4.74 Å². The van der Waals surface area contributed by atoms with Crippen LogP contribution in [-0.2, 0) is 4.74 Å². The van der Waals surface area contributed by atoms with E-state index in [0.717, 1.165) is 17.7 Å². The smallest absolute Gasteiger partial charge is 0.121 e. The van der Waals surface area contributed by atoms with Crippen molar-refractivity contribution < 1.29 is 4.74 Å². The zero-order chi connectivity index (χ0) is 8.97. The summed E-state index contributed by atoms with van der Waals surface area (Å²) in [6.45, 7) is 11.1. The van der Waals surface area contributed by atoms with Crippen molar-refractivity contribution in [2.75, 3.05) is 13.2 Å². The second kappa shape index (κ2) is 4.24. The maximum Gasteiger partial charge on any atom is 0.121 e.